The van der Waals surface area contributed by atoms with E-state index in [1.807, 2.05) is 12.2 Å². The maximum atomic E-state index is 10.5. The van der Waals surface area contributed by atoms with Crippen molar-refractivity contribution < 1.29 is 9.90 Å². The van der Waals surface area contributed by atoms with Crippen LogP contribution in [0.2, 0.25) is 0 Å². The lowest BCUT2D eigenvalue weighted by molar-refractivity contribution is -0.132. The second kappa shape index (κ2) is 7.91. The zero-order chi connectivity index (χ0) is 12.6. The smallest absolute Gasteiger partial charge is 0.331 e. The molecule has 0 saturated carbocycles. The molecule has 0 saturated heterocycles. The van der Waals surface area contributed by atoms with E-state index in [-0.39, 0.29) is 0 Å². The molecule has 0 unspecified atom stereocenters. The SMILES string of the molecule is CC(C)=CCC[C@@H](C)/C=C/C=C(\C)C(=O)O. The van der Waals surface area contributed by atoms with Gasteiger partial charge in [0, 0.05) is 5.57 Å². The van der Waals surface area contributed by atoms with Crippen LogP contribution in [0.15, 0.2) is 35.5 Å². The van der Waals surface area contributed by atoms with Crippen molar-refractivity contribution in [2.24, 2.45) is 5.92 Å². The highest BCUT2D eigenvalue weighted by atomic mass is 16.4. The van der Waals surface area contributed by atoms with Gasteiger partial charge in [-0.05, 0) is 39.5 Å². The highest BCUT2D eigenvalue weighted by molar-refractivity contribution is 5.86. The van der Waals surface area contributed by atoms with Crippen molar-refractivity contribution in [2.75, 3.05) is 0 Å². The third-order valence-electron chi connectivity index (χ3n) is 2.30. The summed E-state index contributed by atoms with van der Waals surface area (Å²) in [7, 11) is 0. The van der Waals surface area contributed by atoms with Crippen LogP contribution >= 0.6 is 0 Å². The van der Waals surface area contributed by atoms with E-state index < -0.39 is 5.97 Å². The Bertz CT molecular complexity index is 305. The molecule has 0 aromatic carbocycles. The zero-order valence-corrected chi connectivity index (χ0v) is 10.7. The molecule has 2 heteroatoms. The van der Waals surface area contributed by atoms with Gasteiger partial charge in [0.05, 0.1) is 0 Å². The second-order valence-electron chi connectivity index (χ2n) is 4.38. The number of carboxylic acid groups (broad SMARTS) is 1. The minimum atomic E-state index is -0.859. The van der Waals surface area contributed by atoms with Crippen LogP contribution in [0, 0.1) is 5.92 Å². The lowest BCUT2D eigenvalue weighted by atomic mass is 10.0. The summed E-state index contributed by atoms with van der Waals surface area (Å²) in [5.41, 5.74) is 1.71. The lowest BCUT2D eigenvalue weighted by Gasteiger charge is -2.02. The Morgan fingerprint density at radius 1 is 1.31 bits per heavy atom. The number of aliphatic carboxylic acids is 1. The Morgan fingerprint density at radius 3 is 2.44 bits per heavy atom. The molecular weight excluding hydrogens is 200 g/mol. The van der Waals surface area contributed by atoms with Gasteiger partial charge in [-0.3, -0.25) is 0 Å². The van der Waals surface area contributed by atoms with Gasteiger partial charge in [-0.2, -0.15) is 0 Å². The average Bonchev–Trinajstić information content (AvgIpc) is 2.16. The van der Waals surface area contributed by atoms with Gasteiger partial charge in [-0.1, -0.05) is 36.8 Å². The van der Waals surface area contributed by atoms with Crippen molar-refractivity contribution in [2.45, 2.75) is 40.5 Å². The summed E-state index contributed by atoms with van der Waals surface area (Å²) < 4.78 is 0. The van der Waals surface area contributed by atoms with E-state index in [1.165, 1.54) is 5.57 Å². The number of rotatable bonds is 6. The van der Waals surface area contributed by atoms with E-state index >= 15 is 0 Å². The van der Waals surface area contributed by atoms with Gasteiger partial charge >= 0.3 is 5.97 Å². The van der Waals surface area contributed by atoms with Crippen molar-refractivity contribution in [1.29, 1.82) is 0 Å². The van der Waals surface area contributed by atoms with E-state index in [4.69, 9.17) is 5.11 Å². The number of hydrogen-bond acceptors (Lipinski definition) is 1. The van der Waals surface area contributed by atoms with Gasteiger partial charge in [0.2, 0.25) is 0 Å². The Morgan fingerprint density at radius 2 is 1.94 bits per heavy atom. The maximum Gasteiger partial charge on any atom is 0.331 e. The van der Waals surface area contributed by atoms with Crippen LogP contribution in [0.3, 0.4) is 0 Å². The highest BCUT2D eigenvalue weighted by Gasteiger charge is 1.97. The van der Waals surface area contributed by atoms with E-state index in [0.29, 0.717) is 11.5 Å². The van der Waals surface area contributed by atoms with Crippen LogP contribution < -0.4 is 0 Å². The summed E-state index contributed by atoms with van der Waals surface area (Å²) in [5.74, 6) is -0.379. The maximum absolute atomic E-state index is 10.5. The standard InChI is InChI=1S/C14H22O2/c1-11(2)7-5-8-12(3)9-6-10-13(4)14(15)16/h6-7,9-10,12H,5,8H2,1-4H3,(H,15,16)/b9-6+,13-10+/t12-/m1/s1. The lowest BCUT2D eigenvalue weighted by Crippen LogP contribution is -1.95. The first kappa shape index (κ1) is 14.7. The number of carbonyl (C=O) groups is 1. The Balaban J connectivity index is 4.00. The van der Waals surface area contributed by atoms with Gasteiger partial charge in [0.1, 0.15) is 0 Å². The molecule has 0 fully saturated rings. The van der Waals surface area contributed by atoms with Crippen LogP contribution in [0.1, 0.15) is 40.5 Å². The van der Waals surface area contributed by atoms with Crippen LogP contribution in [0.25, 0.3) is 0 Å². The molecule has 1 atom stereocenters. The molecule has 1 N–H and O–H groups in total. The van der Waals surface area contributed by atoms with E-state index in [2.05, 4.69) is 26.8 Å². The molecule has 16 heavy (non-hydrogen) atoms. The highest BCUT2D eigenvalue weighted by Crippen LogP contribution is 2.09. The fraction of sp³-hybridized carbons (Fsp3) is 0.500. The van der Waals surface area contributed by atoms with Crippen LogP contribution in [-0.4, -0.2) is 11.1 Å². The van der Waals surface area contributed by atoms with Crippen molar-refractivity contribution >= 4 is 5.97 Å². The number of hydrogen-bond donors (Lipinski definition) is 1. The second-order valence-corrected chi connectivity index (χ2v) is 4.38. The molecule has 0 amide bonds. The van der Waals surface area contributed by atoms with Crippen molar-refractivity contribution in [3.8, 4) is 0 Å². The number of allylic oxidation sites excluding steroid dienone is 5. The van der Waals surface area contributed by atoms with Crippen molar-refractivity contribution in [3.63, 3.8) is 0 Å². The molecule has 90 valence electrons. The Hall–Kier alpha value is -1.31. The summed E-state index contributed by atoms with van der Waals surface area (Å²) >= 11 is 0. The Labute approximate surface area is 98.4 Å². The summed E-state index contributed by atoms with van der Waals surface area (Å²) in [6.45, 7) is 7.93. The molecule has 2 nitrogen and oxygen atoms in total. The predicted molar refractivity (Wildman–Crippen MR) is 68.4 cm³/mol. The van der Waals surface area contributed by atoms with Gasteiger partial charge in [0.25, 0.3) is 0 Å². The third kappa shape index (κ3) is 8.04. The molecule has 0 radical (unpaired) electrons. The first-order valence-electron chi connectivity index (χ1n) is 5.65. The molecule has 0 bridgehead atoms. The molecule has 0 aliphatic rings. The molecule has 0 aromatic heterocycles. The molecule has 0 aliphatic heterocycles. The van der Waals surface area contributed by atoms with Crippen LogP contribution in [-0.2, 0) is 4.79 Å². The molecule has 0 aliphatic carbocycles. The van der Waals surface area contributed by atoms with Gasteiger partial charge in [-0.15, -0.1) is 0 Å². The monoisotopic (exact) mass is 222 g/mol. The summed E-state index contributed by atoms with van der Waals surface area (Å²) in [4.78, 5) is 10.5. The summed E-state index contributed by atoms with van der Waals surface area (Å²) in [6, 6.07) is 0. The predicted octanol–water partition coefficient (Wildman–Crippen LogP) is 3.96. The number of carboxylic acids is 1. The average molecular weight is 222 g/mol. The quantitative estimate of drug-likeness (QED) is 0.419. The molecule has 0 aromatic rings. The fourth-order valence-corrected chi connectivity index (χ4v) is 1.19. The molecule has 0 heterocycles. The van der Waals surface area contributed by atoms with Crippen molar-refractivity contribution in [3.05, 3.63) is 35.5 Å². The largest absolute Gasteiger partial charge is 0.478 e. The third-order valence-corrected chi connectivity index (χ3v) is 2.30. The zero-order valence-electron chi connectivity index (χ0n) is 10.7. The van der Waals surface area contributed by atoms with Crippen molar-refractivity contribution in [1.82, 2.24) is 0 Å². The first-order valence-corrected chi connectivity index (χ1v) is 5.65. The van der Waals surface area contributed by atoms with Gasteiger partial charge in [-0.25, -0.2) is 4.79 Å². The fourth-order valence-electron chi connectivity index (χ4n) is 1.19. The molecule has 0 rings (SSSR count). The molecule has 0 spiro atoms. The summed E-state index contributed by atoms with van der Waals surface area (Å²) in [6.07, 6.45) is 9.92. The van der Waals surface area contributed by atoms with Crippen LogP contribution in [0.4, 0.5) is 0 Å². The minimum Gasteiger partial charge on any atom is -0.478 e. The van der Waals surface area contributed by atoms with Gasteiger partial charge in [0.15, 0.2) is 0 Å². The van der Waals surface area contributed by atoms with E-state index in [1.54, 1.807) is 13.0 Å². The van der Waals surface area contributed by atoms with E-state index in [0.717, 1.165) is 12.8 Å². The van der Waals surface area contributed by atoms with Gasteiger partial charge < -0.3 is 5.11 Å². The van der Waals surface area contributed by atoms with E-state index in [9.17, 15) is 4.79 Å². The van der Waals surface area contributed by atoms with Crippen LogP contribution in [0.5, 0.6) is 0 Å². The summed E-state index contributed by atoms with van der Waals surface area (Å²) in [5, 5.41) is 8.64. The molecular formula is C14H22O2. The first-order chi connectivity index (χ1) is 7.43. The Kier molecular flexibility index (Phi) is 7.27. The minimum absolute atomic E-state index is 0.368. The topological polar surface area (TPSA) is 37.3 Å². The normalized spacial score (nSPS) is 13.9.